The third-order valence-corrected chi connectivity index (χ3v) is 6.12. The van der Waals surface area contributed by atoms with E-state index in [1.165, 1.54) is 11.8 Å². The molecule has 0 radical (unpaired) electrons. The summed E-state index contributed by atoms with van der Waals surface area (Å²) in [6, 6.07) is 0.379. The second kappa shape index (κ2) is 6.37. The van der Waals surface area contributed by atoms with E-state index in [-0.39, 0.29) is 11.5 Å². The van der Waals surface area contributed by atoms with Crippen molar-refractivity contribution in [1.29, 1.82) is 0 Å². The van der Waals surface area contributed by atoms with Gasteiger partial charge in [0.15, 0.2) is 9.84 Å². The summed E-state index contributed by atoms with van der Waals surface area (Å²) < 4.78 is 24.6. The molecule has 1 fully saturated rings. The molecular weight excluding hydrogens is 302 g/mol. The number of rotatable bonds is 6. The van der Waals surface area contributed by atoms with Gasteiger partial charge in [-0.15, -0.1) is 5.10 Å². The normalized spacial score (nSPS) is 25.4. The molecule has 0 spiro atoms. The van der Waals surface area contributed by atoms with E-state index in [9.17, 15) is 13.5 Å². The summed E-state index contributed by atoms with van der Waals surface area (Å²) >= 11 is 1.22. The van der Waals surface area contributed by atoms with Crippen LogP contribution in [0.25, 0.3) is 0 Å². The fourth-order valence-electron chi connectivity index (χ4n) is 1.93. The van der Waals surface area contributed by atoms with Gasteiger partial charge in [0.1, 0.15) is 0 Å². The summed E-state index contributed by atoms with van der Waals surface area (Å²) in [7, 11) is -3.15. The van der Waals surface area contributed by atoms with E-state index in [1.54, 1.807) is 4.68 Å². The van der Waals surface area contributed by atoms with E-state index in [0.717, 1.165) is 6.54 Å². The minimum Gasteiger partial charge on any atom is -0.391 e. The minimum atomic E-state index is -3.15. The van der Waals surface area contributed by atoms with Gasteiger partial charge in [0, 0.05) is 12.6 Å². The first-order valence-electron chi connectivity index (χ1n) is 6.42. The smallest absolute Gasteiger partial charge is 0.209 e. The Morgan fingerprint density at radius 2 is 2.25 bits per heavy atom. The number of hydrogen-bond donors (Lipinski definition) is 2. The fraction of sp³-hybridized carbons (Fsp3) is 0.900. The maximum atomic E-state index is 11.5. The molecule has 2 atom stereocenters. The monoisotopic (exact) mass is 321 g/mol. The highest BCUT2D eigenvalue weighted by molar-refractivity contribution is 8.01. The molecule has 1 aromatic rings. The van der Waals surface area contributed by atoms with Crippen molar-refractivity contribution in [2.75, 3.05) is 18.1 Å². The zero-order valence-corrected chi connectivity index (χ0v) is 13.1. The first-order valence-corrected chi connectivity index (χ1v) is 9.12. The number of nitrogens with one attached hydrogen (secondary N) is 1. The highest BCUT2D eigenvalue weighted by atomic mass is 32.2. The first kappa shape index (κ1) is 15.7. The summed E-state index contributed by atoms with van der Waals surface area (Å²) in [6.45, 7) is 5.43. The van der Waals surface area contributed by atoms with Gasteiger partial charge < -0.3 is 10.4 Å². The third-order valence-electron chi connectivity index (χ3n) is 2.90. The Hall–Kier alpha value is -0.710. The second-order valence-electron chi connectivity index (χ2n) is 5.09. The Balaban J connectivity index is 1.95. The van der Waals surface area contributed by atoms with Crippen LogP contribution in [0.3, 0.4) is 0 Å². The van der Waals surface area contributed by atoms with Crippen LogP contribution in [0.4, 0.5) is 0 Å². The lowest BCUT2D eigenvalue weighted by atomic mass is 10.3. The van der Waals surface area contributed by atoms with Gasteiger partial charge in [-0.1, -0.05) is 25.6 Å². The number of hydrogen-bond acceptors (Lipinski definition) is 8. The Labute approximate surface area is 122 Å². The number of tetrazole rings is 1. The second-order valence-corrected chi connectivity index (χ2v) is 8.45. The molecule has 2 rings (SSSR count). The zero-order valence-electron chi connectivity index (χ0n) is 11.4. The maximum absolute atomic E-state index is 11.5. The van der Waals surface area contributed by atoms with Gasteiger partial charge in [0.25, 0.3) is 0 Å². The number of sulfone groups is 1. The topological polar surface area (TPSA) is 110 Å². The quantitative estimate of drug-likeness (QED) is 0.681. The van der Waals surface area contributed by atoms with Crippen LogP contribution in [0.2, 0.25) is 0 Å². The predicted molar refractivity (Wildman–Crippen MR) is 75.3 cm³/mol. The SMILES string of the molecule is CC(C)NCCn1nnnc1SC1CS(=O)(=O)CC1O. The van der Waals surface area contributed by atoms with Gasteiger partial charge in [-0.3, -0.25) is 0 Å². The predicted octanol–water partition coefficient (Wildman–Crippen LogP) is -1.08. The molecule has 0 aromatic carbocycles. The molecule has 0 saturated carbocycles. The van der Waals surface area contributed by atoms with Crippen molar-refractivity contribution >= 4 is 21.6 Å². The Bertz CT molecular complexity index is 545. The molecule has 1 aliphatic heterocycles. The molecule has 2 unspecified atom stereocenters. The van der Waals surface area contributed by atoms with Crippen LogP contribution in [0.5, 0.6) is 0 Å². The minimum absolute atomic E-state index is 0.0318. The number of aliphatic hydroxyl groups excluding tert-OH is 1. The third kappa shape index (κ3) is 4.14. The molecular formula is C10H19N5O3S2. The van der Waals surface area contributed by atoms with Gasteiger partial charge in [0.05, 0.1) is 29.4 Å². The van der Waals surface area contributed by atoms with Crippen LogP contribution in [0.15, 0.2) is 5.16 Å². The van der Waals surface area contributed by atoms with Crippen LogP contribution >= 0.6 is 11.8 Å². The number of thioether (sulfide) groups is 1. The van der Waals surface area contributed by atoms with E-state index in [4.69, 9.17) is 0 Å². The molecule has 0 aliphatic carbocycles. The summed E-state index contributed by atoms with van der Waals surface area (Å²) in [6.07, 6.45) is -0.857. The average molecular weight is 321 g/mol. The van der Waals surface area contributed by atoms with E-state index in [1.807, 2.05) is 0 Å². The largest absolute Gasteiger partial charge is 0.391 e. The molecule has 1 aromatic heterocycles. The summed E-state index contributed by atoms with van der Waals surface area (Å²) in [5.74, 6) is -0.211. The van der Waals surface area contributed by atoms with Gasteiger partial charge in [-0.05, 0) is 10.4 Å². The lowest BCUT2D eigenvalue weighted by molar-refractivity contribution is 0.207. The van der Waals surface area contributed by atoms with Crippen molar-refractivity contribution in [2.24, 2.45) is 0 Å². The molecule has 1 saturated heterocycles. The highest BCUT2D eigenvalue weighted by Gasteiger charge is 2.38. The molecule has 0 bridgehead atoms. The summed E-state index contributed by atoms with van der Waals surface area (Å²) in [5.41, 5.74) is 0. The van der Waals surface area contributed by atoms with Gasteiger partial charge in [-0.2, -0.15) is 0 Å². The standard InChI is InChI=1S/C10H19N5O3S2/c1-7(2)11-3-4-15-10(12-13-14-15)19-9-6-20(17,18)5-8(9)16/h7-9,11,16H,3-6H2,1-2H3. The van der Waals surface area contributed by atoms with Crippen LogP contribution < -0.4 is 5.32 Å². The van der Waals surface area contributed by atoms with E-state index >= 15 is 0 Å². The first-order chi connectivity index (χ1) is 9.37. The molecule has 2 N–H and O–H groups in total. The molecule has 114 valence electrons. The van der Waals surface area contributed by atoms with Crippen LogP contribution in [0, 0.1) is 0 Å². The highest BCUT2D eigenvalue weighted by Crippen LogP contribution is 2.29. The van der Waals surface area contributed by atoms with Crippen LogP contribution in [0.1, 0.15) is 13.8 Å². The van der Waals surface area contributed by atoms with Crippen molar-refractivity contribution in [1.82, 2.24) is 25.5 Å². The zero-order chi connectivity index (χ0) is 14.8. The van der Waals surface area contributed by atoms with Crippen molar-refractivity contribution < 1.29 is 13.5 Å². The molecule has 1 aliphatic rings. The summed E-state index contributed by atoms with van der Waals surface area (Å²) in [4.78, 5) is 0. The van der Waals surface area contributed by atoms with Crippen molar-refractivity contribution in [3.8, 4) is 0 Å². The Morgan fingerprint density at radius 1 is 1.50 bits per heavy atom. The number of aromatic nitrogens is 4. The Kier molecular flexibility index (Phi) is 4.99. The molecule has 8 nitrogen and oxygen atoms in total. The lowest BCUT2D eigenvalue weighted by Crippen LogP contribution is -2.27. The van der Waals surface area contributed by atoms with Gasteiger partial charge in [0.2, 0.25) is 5.16 Å². The molecule has 2 heterocycles. The van der Waals surface area contributed by atoms with Crippen LogP contribution in [-0.2, 0) is 16.4 Å². The van der Waals surface area contributed by atoms with Gasteiger partial charge in [-0.25, -0.2) is 13.1 Å². The van der Waals surface area contributed by atoms with Crippen molar-refractivity contribution in [3.05, 3.63) is 0 Å². The summed E-state index contributed by atoms with van der Waals surface area (Å²) in [5, 5.41) is 24.5. The average Bonchev–Trinajstić information content (AvgIpc) is 2.84. The Morgan fingerprint density at radius 3 is 2.85 bits per heavy atom. The molecule has 0 amide bonds. The van der Waals surface area contributed by atoms with E-state index in [0.29, 0.717) is 17.7 Å². The van der Waals surface area contributed by atoms with Crippen LogP contribution in [-0.4, -0.2) is 69.2 Å². The number of aliphatic hydroxyl groups is 1. The fourth-order valence-corrected chi connectivity index (χ4v) is 5.41. The van der Waals surface area contributed by atoms with Gasteiger partial charge >= 0.3 is 0 Å². The van der Waals surface area contributed by atoms with E-state index < -0.39 is 21.2 Å². The van der Waals surface area contributed by atoms with Crippen molar-refractivity contribution in [2.45, 2.75) is 42.9 Å². The number of nitrogens with zero attached hydrogens (tertiary/aromatic N) is 4. The lowest BCUT2D eigenvalue weighted by Gasteiger charge is -2.12. The maximum Gasteiger partial charge on any atom is 0.209 e. The molecule has 20 heavy (non-hydrogen) atoms. The van der Waals surface area contributed by atoms with Crippen molar-refractivity contribution in [3.63, 3.8) is 0 Å². The molecule has 10 heteroatoms. The van der Waals surface area contributed by atoms with E-state index in [2.05, 4.69) is 34.7 Å².